The van der Waals surface area contributed by atoms with Gasteiger partial charge in [-0.25, -0.2) is 17.6 Å². The van der Waals surface area contributed by atoms with Crippen molar-refractivity contribution in [1.29, 1.82) is 0 Å². The fourth-order valence-corrected chi connectivity index (χ4v) is 2.25. The van der Waals surface area contributed by atoms with Crippen LogP contribution in [0.4, 0.5) is 17.6 Å². The number of hydrogen-bond acceptors (Lipinski definition) is 2. The smallest absolute Gasteiger partial charge is 0.194 e. The lowest BCUT2D eigenvalue weighted by Crippen LogP contribution is -2.44. The van der Waals surface area contributed by atoms with Crippen LogP contribution in [0.1, 0.15) is 18.9 Å². The fraction of sp³-hybridized carbons (Fsp3) is 0.538. The molecule has 2 atom stereocenters. The van der Waals surface area contributed by atoms with Gasteiger partial charge in [-0.15, -0.1) is 0 Å². The molecule has 1 aromatic rings. The van der Waals surface area contributed by atoms with E-state index in [-0.39, 0.29) is 12.5 Å². The van der Waals surface area contributed by atoms with Crippen LogP contribution in [-0.2, 0) is 10.4 Å². The standard InChI is InChI=1S/C13H15F4NO/c1-13(17,6-8-7-19-5-4-18-8)9-2-3-10(14)12(16)11(9)15/h2-3,8,18H,4-7H2,1H3. The van der Waals surface area contributed by atoms with E-state index in [4.69, 9.17) is 4.74 Å². The maximum atomic E-state index is 14.6. The van der Waals surface area contributed by atoms with Crippen LogP contribution in [0.25, 0.3) is 0 Å². The van der Waals surface area contributed by atoms with Crippen molar-refractivity contribution >= 4 is 0 Å². The predicted octanol–water partition coefficient (Wildman–Crippen LogP) is 2.67. The lowest BCUT2D eigenvalue weighted by Gasteiger charge is -2.30. The monoisotopic (exact) mass is 277 g/mol. The molecule has 0 amide bonds. The summed E-state index contributed by atoms with van der Waals surface area (Å²) >= 11 is 0. The average molecular weight is 277 g/mol. The van der Waals surface area contributed by atoms with Gasteiger partial charge in [0.25, 0.3) is 0 Å². The van der Waals surface area contributed by atoms with Crippen molar-refractivity contribution in [1.82, 2.24) is 5.32 Å². The van der Waals surface area contributed by atoms with Crippen LogP contribution in [0.3, 0.4) is 0 Å². The van der Waals surface area contributed by atoms with Gasteiger partial charge in [0.1, 0.15) is 5.67 Å². The highest BCUT2D eigenvalue weighted by molar-refractivity contribution is 5.26. The van der Waals surface area contributed by atoms with Gasteiger partial charge in [-0.05, 0) is 19.1 Å². The molecule has 0 bridgehead atoms. The molecule has 1 heterocycles. The van der Waals surface area contributed by atoms with Crippen LogP contribution in [0.15, 0.2) is 12.1 Å². The number of rotatable bonds is 3. The normalized spacial score (nSPS) is 23.1. The summed E-state index contributed by atoms with van der Waals surface area (Å²) in [7, 11) is 0. The van der Waals surface area contributed by atoms with E-state index in [0.29, 0.717) is 19.8 Å². The zero-order chi connectivity index (χ0) is 14.0. The summed E-state index contributed by atoms with van der Waals surface area (Å²) in [6.45, 7) is 2.59. The number of benzene rings is 1. The van der Waals surface area contributed by atoms with E-state index >= 15 is 0 Å². The molecule has 1 aliphatic rings. The van der Waals surface area contributed by atoms with Crippen LogP contribution in [0.2, 0.25) is 0 Å². The van der Waals surface area contributed by atoms with Crippen LogP contribution >= 0.6 is 0 Å². The van der Waals surface area contributed by atoms with Crippen LogP contribution in [0.5, 0.6) is 0 Å². The lowest BCUT2D eigenvalue weighted by atomic mass is 9.90. The summed E-state index contributed by atoms with van der Waals surface area (Å²) in [5, 5.41) is 3.04. The second-order valence-corrected chi connectivity index (χ2v) is 4.85. The van der Waals surface area contributed by atoms with Crippen molar-refractivity contribution in [2.75, 3.05) is 19.8 Å². The molecule has 2 unspecified atom stereocenters. The maximum Gasteiger partial charge on any atom is 0.194 e. The third kappa shape index (κ3) is 3.06. The van der Waals surface area contributed by atoms with Gasteiger partial charge in [-0.3, -0.25) is 0 Å². The molecule has 106 valence electrons. The molecule has 1 saturated heterocycles. The van der Waals surface area contributed by atoms with E-state index in [2.05, 4.69) is 5.32 Å². The number of hydrogen-bond donors (Lipinski definition) is 1. The Bertz CT molecular complexity index is 458. The minimum absolute atomic E-state index is 0.0744. The Hall–Kier alpha value is -1.14. The SMILES string of the molecule is CC(F)(CC1COCCN1)c1ccc(F)c(F)c1F. The van der Waals surface area contributed by atoms with Gasteiger partial charge in [-0.1, -0.05) is 0 Å². The second kappa shape index (κ2) is 5.46. The van der Waals surface area contributed by atoms with Crippen molar-refractivity contribution in [3.8, 4) is 0 Å². The summed E-state index contributed by atoms with van der Waals surface area (Å²) in [4.78, 5) is 0. The van der Waals surface area contributed by atoms with Gasteiger partial charge in [0, 0.05) is 24.6 Å². The highest BCUT2D eigenvalue weighted by atomic mass is 19.2. The van der Waals surface area contributed by atoms with Crippen molar-refractivity contribution in [3.63, 3.8) is 0 Å². The molecule has 1 fully saturated rings. The Morgan fingerprint density at radius 3 is 2.68 bits per heavy atom. The van der Waals surface area contributed by atoms with Crippen molar-refractivity contribution in [3.05, 3.63) is 35.1 Å². The minimum Gasteiger partial charge on any atom is -0.379 e. The topological polar surface area (TPSA) is 21.3 Å². The van der Waals surface area contributed by atoms with E-state index in [0.717, 1.165) is 19.1 Å². The number of ether oxygens (including phenoxy) is 1. The molecule has 6 heteroatoms. The lowest BCUT2D eigenvalue weighted by molar-refractivity contribution is 0.0462. The van der Waals surface area contributed by atoms with Crippen molar-refractivity contribution in [2.24, 2.45) is 0 Å². The van der Waals surface area contributed by atoms with E-state index < -0.39 is 28.7 Å². The van der Waals surface area contributed by atoms with Gasteiger partial charge in [0.05, 0.1) is 13.2 Å². The molecule has 2 nitrogen and oxygen atoms in total. The Morgan fingerprint density at radius 2 is 2.05 bits per heavy atom. The first-order chi connectivity index (χ1) is 8.92. The average Bonchev–Trinajstić information content (AvgIpc) is 2.36. The molecule has 0 saturated carbocycles. The molecule has 0 aliphatic carbocycles. The molecular weight excluding hydrogens is 262 g/mol. The number of nitrogens with one attached hydrogen (secondary N) is 1. The molecular formula is C13H15F4NO. The number of halogens is 4. The van der Waals surface area contributed by atoms with Gasteiger partial charge < -0.3 is 10.1 Å². The molecule has 1 aliphatic heterocycles. The Balaban J connectivity index is 2.21. The van der Waals surface area contributed by atoms with Crippen LogP contribution in [-0.4, -0.2) is 25.8 Å². The van der Waals surface area contributed by atoms with E-state index in [1.165, 1.54) is 0 Å². The van der Waals surface area contributed by atoms with Gasteiger partial charge in [0.15, 0.2) is 17.5 Å². The quantitative estimate of drug-likeness (QED) is 0.677. The first-order valence-corrected chi connectivity index (χ1v) is 6.06. The maximum absolute atomic E-state index is 14.6. The summed E-state index contributed by atoms with van der Waals surface area (Å²) in [6.07, 6.45) is -0.0744. The first-order valence-electron chi connectivity index (χ1n) is 6.06. The molecule has 0 radical (unpaired) electrons. The highest BCUT2D eigenvalue weighted by Gasteiger charge is 2.34. The second-order valence-electron chi connectivity index (χ2n) is 4.85. The summed E-state index contributed by atoms with van der Waals surface area (Å²) in [5.74, 6) is -4.44. The summed E-state index contributed by atoms with van der Waals surface area (Å²) in [6, 6.07) is 1.39. The number of alkyl halides is 1. The summed E-state index contributed by atoms with van der Waals surface area (Å²) < 4.78 is 59.3. The van der Waals surface area contributed by atoms with E-state index in [9.17, 15) is 17.6 Å². The Labute approximate surface area is 108 Å². The molecule has 1 N–H and O–H groups in total. The fourth-order valence-electron chi connectivity index (χ4n) is 2.25. The molecule has 0 aromatic heterocycles. The molecule has 19 heavy (non-hydrogen) atoms. The van der Waals surface area contributed by atoms with Gasteiger partial charge >= 0.3 is 0 Å². The first kappa shape index (κ1) is 14.3. The summed E-state index contributed by atoms with van der Waals surface area (Å²) in [5.41, 5.74) is -2.57. The minimum atomic E-state index is -2.10. The third-order valence-corrected chi connectivity index (χ3v) is 3.22. The van der Waals surface area contributed by atoms with Crippen molar-refractivity contribution in [2.45, 2.75) is 25.1 Å². The molecule has 1 aromatic carbocycles. The van der Waals surface area contributed by atoms with Crippen molar-refractivity contribution < 1.29 is 22.3 Å². The molecule has 2 rings (SSSR count). The largest absolute Gasteiger partial charge is 0.379 e. The zero-order valence-electron chi connectivity index (χ0n) is 10.5. The van der Waals surface area contributed by atoms with Gasteiger partial charge in [-0.2, -0.15) is 0 Å². The highest BCUT2D eigenvalue weighted by Crippen LogP contribution is 2.34. The number of morpholine rings is 1. The van der Waals surface area contributed by atoms with Crippen LogP contribution in [0, 0.1) is 17.5 Å². The third-order valence-electron chi connectivity index (χ3n) is 3.22. The van der Waals surface area contributed by atoms with E-state index in [1.54, 1.807) is 0 Å². The van der Waals surface area contributed by atoms with Gasteiger partial charge in [0.2, 0.25) is 0 Å². The zero-order valence-corrected chi connectivity index (χ0v) is 10.5. The van der Waals surface area contributed by atoms with E-state index in [1.807, 2.05) is 0 Å². The van der Waals surface area contributed by atoms with Crippen LogP contribution < -0.4 is 5.32 Å². The Kier molecular flexibility index (Phi) is 4.10. The Morgan fingerprint density at radius 1 is 1.32 bits per heavy atom. The molecule has 0 spiro atoms. The predicted molar refractivity (Wildman–Crippen MR) is 62.0 cm³/mol.